The van der Waals surface area contributed by atoms with E-state index < -0.39 is 0 Å². The topological polar surface area (TPSA) is 73.3 Å². The predicted octanol–water partition coefficient (Wildman–Crippen LogP) is 6.06. The number of benzene rings is 2. The lowest BCUT2D eigenvalue weighted by Gasteiger charge is -2.08. The van der Waals surface area contributed by atoms with Gasteiger partial charge in [0.2, 0.25) is 5.91 Å². The summed E-state index contributed by atoms with van der Waals surface area (Å²) in [6.45, 7) is 6.27. The van der Waals surface area contributed by atoms with Gasteiger partial charge in [-0.1, -0.05) is 17.7 Å². The lowest BCUT2D eigenvalue weighted by atomic mass is 9.98. The Morgan fingerprint density at radius 1 is 0.939 bits per heavy atom. The van der Waals surface area contributed by atoms with E-state index in [0.717, 1.165) is 21.8 Å². The van der Waals surface area contributed by atoms with Gasteiger partial charge in [0.05, 0.1) is 32.0 Å². The SMILES string of the molecule is COc1ccc(-c2nc(CC(=O)Nc3nc(-c4c(C)cc(C)cc4C)cs3)cs2)cc1OC. The van der Waals surface area contributed by atoms with E-state index in [9.17, 15) is 4.79 Å². The highest BCUT2D eigenvalue weighted by atomic mass is 32.1. The Labute approximate surface area is 201 Å². The Bertz CT molecular complexity index is 1290. The van der Waals surface area contributed by atoms with Crippen LogP contribution in [0.4, 0.5) is 5.13 Å². The number of aromatic nitrogens is 2. The van der Waals surface area contributed by atoms with E-state index in [4.69, 9.17) is 9.47 Å². The Balaban J connectivity index is 1.44. The van der Waals surface area contributed by atoms with Crippen LogP contribution in [0.15, 0.2) is 41.1 Å². The van der Waals surface area contributed by atoms with Gasteiger partial charge in [0.25, 0.3) is 0 Å². The van der Waals surface area contributed by atoms with Gasteiger partial charge in [0.15, 0.2) is 16.6 Å². The molecule has 0 saturated heterocycles. The summed E-state index contributed by atoms with van der Waals surface area (Å²) in [5, 5.41) is 8.20. The molecule has 0 aliphatic rings. The van der Waals surface area contributed by atoms with Crippen molar-refractivity contribution in [2.75, 3.05) is 19.5 Å². The summed E-state index contributed by atoms with van der Waals surface area (Å²) in [5.74, 6) is 1.16. The van der Waals surface area contributed by atoms with Gasteiger partial charge in [-0.05, 0) is 50.1 Å². The quantitative estimate of drug-likeness (QED) is 0.349. The molecule has 2 heterocycles. The first-order valence-electron chi connectivity index (χ1n) is 10.4. The average Bonchev–Trinajstić information content (AvgIpc) is 3.42. The van der Waals surface area contributed by atoms with E-state index in [1.54, 1.807) is 14.2 Å². The molecule has 33 heavy (non-hydrogen) atoms. The summed E-state index contributed by atoms with van der Waals surface area (Å²) < 4.78 is 10.7. The summed E-state index contributed by atoms with van der Waals surface area (Å²) >= 11 is 2.92. The molecule has 0 saturated carbocycles. The van der Waals surface area contributed by atoms with E-state index >= 15 is 0 Å². The number of carbonyl (C=O) groups is 1. The van der Waals surface area contributed by atoms with Crippen LogP contribution in [0.5, 0.6) is 11.5 Å². The monoisotopic (exact) mass is 479 g/mol. The number of methoxy groups -OCH3 is 2. The highest BCUT2D eigenvalue weighted by molar-refractivity contribution is 7.14. The van der Waals surface area contributed by atoms with Crippen LogP contribution < -0.4 is 14.8 Å². The third-order valence-electron chi connectivity index (χ3n) is 5.21. The molecule has 0 aliphatic heterocycles. The van der Waals surface area contributed by atoms with Crippen molar-refractivity contribution < 1.29 is 14.3 Å². The maximum absolute atomic E-state index is 12.6. The fourth-order valence-electron chi connectivity index (χ4n) is 3.85. The summed E-state index contributed by atoms with van der Waals surface area (Å²) in [6.07, 6.45) is 0.182. The van der Waals surface area contributed by atoms with Gasteiger partial charge in [-0.2, -0.15) is 0 Å². The van der Waals surface area contributed by atoms with Crippen molar-refractivity contribution in [3.63, 3.8) is 0 Å². The van der Waals surface area contributed by atoms with Gasteiger partial charge < -0.3 is 14.8 Å². The van der Waals surface area contributed by atoms with Crippen LogP contribution in [0.25, 0.3) is 21.8 Å². The van der Waals surface area contributed by atoms with E-state index in [1.165, 1.54) is 39.4 Å². The third-order valence-corrected chi connectivity index (χ3v) is 6.91. The number of carbonyl (C=O) groups excluding carboxylic acids is 1. The van der Waals surface area contributed by atoms with Crippen LogP contribution in [-0.4, -0.2) is 30.1 Å². The molecule has 1 amide bonds. The lowest BCUT2D eigenvalue weighted by molar-refractivity contribution is -0.115. The number of nitrogens with one attached hydrogen (secondary N) is 1. The molecule has 4 rings (SSSR count). The zero-order valence-corrected chi connectivity index (χ0v) is 20.8. The Morgan fingerprint density at radius 3 is 2.36 bits per heavy atom. The number of ether oxygens (including phenoxy) is 2. The van der Waals surface area contributed by atoms with E-state index in [1.807, 2.05) is 29.0 Å². The number of aryl methyl sites for hydroxylation is 3. The maximum atomic E-state index is 12.6. The fourth-order valence-corrected chi connectivity index (χ4v) is 5.38. The molecule has 0 unspecified atom stereocenters. The van der Waals surface area contributed by atoms with Crippen LogP contribution in [0.3, 0.4) is 0 Å². The summed E-state index contributed by atoms with van der Waals surface area (Å²) in [4.78, 5) is 21.9. The van der Waals surface area contributed by atoms with Gasteiger partial charge >= 0.3 is 0 Å². The summed E-state index contributed by atoms with van der Waals surface area (Å²) in [6, 6.07) is 9.96. The van der Waals surface area contributed by atoms with Crippen molar-refractivity contribution in [2.45, 2.75) is 27.2 Å². The molecule has 4 aromatic rings. The minimum absolute atomic E-state index is 0.141. The minimum atomic E-state index is -0.141. The van der Waals surface area contributed by atoms with E-state index in [0.29, 0.717) is 22.3 Å². The zero-order chi connectivity index (χ0) is 23.5. The maximum Gasteiger partial charge on any atom is 0.232 e. The Hall–Kier alpha value is -3.23. The highest BCUT2D eigenvalue weighted by Crippen LogP contribution is 2.34. The Morgan fingerprint density at radius 2 is 1.67 bits per heavy atom. The van der Waals surface area contributed by atoms with Crippen LogP contribution >= 0.6 is 22.7 Å². The van der Waals surface area contributed by atoms with Crippen molar-refractivity contribution in [3.05, 3.63) is 63.5 Å². The van der Waals surface area contributed by atoms with Crippen LogP contribution in [0, 0.1) is 20.8 Å². The average molecular weight is 480 g/mol. The molecule has 0 spiro atoms. The molecular formula is C25H25N3O3S2. The van der Waals surface area contributed by atoms with Gasteiger partial charge in [-0.25, -0.2) is 9.97 Å². The second-order valence-electron chi connectivity index (χ2n) is 7.75. The zero-order valence-electron chi connectivity index (χ0n) is 19.2. The highest BCUT2D eigenvalue weighted by Gasteiger charge is 2.15. The molecule has 0 radical (unpaired) electrons. The predicted molar refractivity (Wildman–Crippen MR) is 135 cm³/mol. The molecule has 0 atom stereocenters. The first kappa shape index (κ1) is 22.9. The lowest BCUT2D eigenvalue weighted by Crippen LogP contribution is -2.14. The standard InChI is InChI=1S/C25H25N3O3S2/c1-14-8-15(2)23(16(3)9-14)19-13-33-25(27-19)28-22(29)11-18-12-32-24(26-18)17-6-7-20(30-4)21(10-17)31-5/h6-10,12-13H,11H2,1-5H3,(H,27,28,29). The fraction of sp³-hybridized carbons (Fsp3) is 0.240. The molecular weight excluding hydrogens is 454 g/mol. The number of hydrogen-bond acceptors (Lipinski definition) is 7. The first-order valence-corrected chi connectivity index (χ1v) is 12.1. The molecule has 2 aromatic heterocycles. The molecule has 2 aromatic carbocycles. The Kier molecular flexibility index (Phi) is 6.76. The molecule has 0 aliphatic carbocycles. The summed E-state index contributed by atoms with van der Waals surface area (Å²) in [5.41, 5.74) is 7.23. The normalized spacial score (nSPS) is 10.8. The molecule has 0 fully saturated rings. The van der Waals surface area contributed by atoms with Crippen molar-refractivity contribution in [2.24, 2.45) is 0 Å². The van der Waals surface area contributed by atoms with Crippen molar-refractivity contribution >= 4 is 33.7 Å². The first-order chi connectivity index (χ1) is 15.9. The van der Waals surface area contributed by atoms with Crippen LogP contribution in [-0.2, 0) is 11.2 Å². The third kappa shape index (κ3) is 5.07. The number of amides is 1. The smallest absolute Gasteiger partial charge is 0.232 e. The van der Waals surface area contributed by atoms with Gasteiger partial charge in [0.1, 0.15) is 5.01 Å². The van der Waals surface area contributed by atoms with Crippen molar-refractivity contribution in [1.29, 1.82) is 0 Å². The van der Waals surface area contributed by atoms with Crippen molar-refractivity contribution in [1.82, 2.24) is 9.97 Å². The number of hydrogen-bond donors (Lipinski definition) is 1. The molecule has 0 bridgehead atoms. The molecule has 6 nitrogen and oxygen atoms in total. The minimum Gasteiger partial charge on any atom is -0.493 e. The molecule has 170 valence electrons. The number of anilines is 1. The second kappa shape index (κ2) is 9.72. The van der Waals surface area contributed by atoms with Gasteiger partial charge in [-0.3, -0.25) is 4.79 Å². The number of nitrogens with zero attached hydrogens (tertiary/aromatic N) is 2. The van der Waals surface area contributed by atoms with Crippen LogP contribution in [0.2, 0.25) is 0 Å². The second-order valence-corrected chi connectivity index (χ2v) is 9.47. The molecule has 1 N–H and O–H groups in total. The van der Waals surface area contributed by atoms with Crippen LogP contribution in [0.1, 0.15) is 22.4 Å². The van der Waals surface area contributed by atoms with Gasteiger partial charge in [-0.15, -0.1) is 22.7 Å². The number of thiazole rings is 2. The summed E-state index contributed by atoms with van der Waals surface area (Å²) in [7, 11) is 3.21. The largest absolute Gasteiger partial charge is 0.493 e. The van der Waals surface area contributed by atoms with Crippen molar-refractivity contribution in [3.8, 4) is 33.3 Å². The number of rotatable bonds is 7. The molecule has 8 heteroatoms. The van der Waals surface area contributed by atoms with E-state index in [-0.39, 0.29) is 12.3 Å². The van der Waals surface area contributed by atoms with Gasteiger partial charge in [0, 0.05) is 21.9 Å². The van der Waals surface area contributed by atoms with E-state index in [2.05, 4.69) is 48.2 Å².